The summed E-state index contributed by atoms with van der Waals surface area (Å²) >= 11 is 0. The maximum atomic E-state index is 9.31. The summed E-state index contributed by atoms with van der Waals surface area (Å²) in [5.74, 6) is 1.09. The number of aromatic hydroxyl groups is 2. The van der Waals surface area contributed by atoms with Crippen LogP contribution in [-0.2, 0) is 0 Å². The molecule has 0 saturated heterocycles. The number of benzene rings is 2. The van der Waals surface area contributed by atoms with Gasteiger partial charge in [-0.15, -0.1) is 0 Å². The molecule has 0 aromatic heterocycles. The van der Waals surface area contributed by atoms with E-state index in [1.165, 1.54) is 11.1 Å². The standard InChI is InChI=1S/C18H16O2/c19-17-9-5-15(6-10-17)13-1-2-14(4-3-13)16-7-11-18(20)12-8-16/h1-14,19-20H. The summed E-state index contributed by atoms with van der Waals surface area (Å²) in [4.78, 5) is 0. The third-order valence-corrected chi connectivity index (χ3v) is 3.61. The molecule has 0 radical (unpaired) electrons. The van der Waals surface area contributed by atoms with Gasteiger partial charge in [0.1, 0.15) is 11.5 Å². The second-order valence-electron chi connectivity index (χ2n) is 5.00. The van der Waals surface area contributed by atoms with E-state index in [-0.39, 0.29) is 11.8 Å². The van der Waals surface area contributed by atoms with Gasteiger partial charge in [-0.05, 0) is 35.4 Å². The molecular formula is C18H16O2. The van der Waals surface area contributed by atoms with Crippen LogP contribution >= 0.6 is 0 Å². The van der Waals surface area contributed by atoms with Crippen LogP contribution in [0.25, 0.3) is 0 Å². The SMILES string of the molecule is Oc1ccc(C2C=CC(c3ccc(O)cc3)C=C2)cc1. The Labute approximate surface area is 118 Å². The zero-order valence-corrected chi connectivity index (χ0v) is 11.0. The average Bonchev–Trinajstić information content (AvgIpc) is 2.49. The van der Waals surface area contributed by atoms with Crippen molar-refractivity contribution in [1.82, 2.24) is 0 Å². The van der Waals surface area contributed by atoms with E-state index in [0.717, 1.165) is 0 Å². The molecule has 0 fully saturated rings. The smallest absolute Gasteiger partial charge is 0.115 e. The third-order valence-electron chi connectivity index (χ3n) is 3.61. The molecule has 0 unspecified atom stereocenters. The zero-order valence-electron chi connectivity index (χ0n) is 11.0. The van der Waals surface area contributed by atoms with E-state index in [4.69, 9.17) is 0 Å². The Morgan fingerprint density at radius 2 is 0.800 bits per heavy atom. The Bertz CT molecular complexity index is 565. The first-order valence-corrected chi connectivity index (χ1v) is 6.67. The van der Waals surface area contributed by atoms with Crippen LogP contribution in [-0.4, -0.2) is 10.2 Å². The molecule has 2 heteroatoms. The topological polar surface area (TPSA) is 40.5 Å². The first kappa shape index (κ1) is 12.5. The molecule has 2 nitrogen and oxygen atoms in total. The maximum absolute atomic E-state index is 9.31. The summed E-state index contributed by atoms with van der Waals surface area (Å²) < 4.78 is 0. The molecule has 0 saturated carbocycles. The van der Waals surface area contributed by atoms with Crippen LogP contribution in [0.3, 0.4) is 0 Å². The van der Waals surface area contributed by atoms with Gasteiger partial charge in [0, 0.05) is 11.8 Å². The summed E-state index contributed by atoms with van der Waals surface area (Å²) in [5, 5.41) is 18.6. The van der Waals surface area contributed by atoms with Crippen molar-refractivity contribution >= 4 is 0 Å². The van der Waals surface area contributed by atoms with Crippen molar-refractivity contribution in [1.29, 1.82) is 0 Å². The van der Waals surface area contributed by atoms with Crippen LogP contribution in [0.1, 0.15) is 23.0 Å². The van der Waals surface area contributed by atoms with Gasteiger partial charge < -0.3 is 10.2 Å². The summed E-state index contributed by atoms with van der Waals surface area (Å²) in [6.45, 7) is 0. The number of allylic oxidation sites excluding steroid dienone is 4. The predicted molar refractivity (Wildman–Crippen MR) is 80.0 cm³/mol. The zero-order chi connectivity index (χ0) is 13.9. The minimum absolute atomic E-state index is 0.254. The molecule has 0 bridgehead atoms. The van der Waals surface area contributed by atoms with Crippen molar-refractivity contribution in [3.8, 4) is 11.5 Å². The van der Waals surface area contributed by atoms with Gasteiger partial charge >= 0.3 is 0 Å². The molecule has 0 heterocycles. The molecule has 2 N–H and O–H groups in total. The summed E-state index contributed by atoms with van der Waals surface area (Å²) in [6, 6.07) is 14.6. The monoisotopic (exact) mass is 264 g/mol. The fourth-order valence-electron chi connectivity index (χ4n) is 2.44. The summed E-state index contributed by atoms with van der Waals surface area (Å²) in [6.07, 6.45) is 8.68. The normalized spacial score (nSPS) is 21.0. The Morgan fingerprint density at radius 3 is 1.10 bits per heavy atom. The molecular weight excluding hydrogens is 248 g/mol. The lowest BCUT2D eigenvalue weighted by molar-refractivity contribution is 0.474. The van der Waals surface area contributed by atoms with Crippen molar-refractivity contribution in [3.63, 3.8) is 0 Å². The molecule has 0 atom stereocenters. The minimum Gasteiger partial charge on any atom is -0.508 e. The van der Waals surface area contributed by atoms with E-state index in [1.807, 2.05) is 24.3 Å². The molecule has 3 rings (SSSR count). The second kappa shape index (κ2) is 5.25. The van der Waals surface area contributed by atoms with Crippen molar-refractivity contribution in [2.24, 2.45) is 0 Å². The van der Waals surface area contributed by atoms with Crippen molar-refractivity contribution < 1.29 is 10.2 Å². The molecule has 0 amide bonds. The number of rotatable bonds is 2. The maximum Gasteiger partial charge on any atom is 0.115 e. The van der Waals surface area contributed by atoms with E-state index in [9.17, 15) is 10.2 Å². The minimum atomic E-state index is 0.254. The van der Waals surface area contributed by atoms with Crippen molar-refractivity contribution in [3.05, 3.63) is 84.0 Å². The fourth-order valence-corrected chi connectivity index (χ4v) is 2.44. The fraction of sp³-hybridized carbons (Fsp3) is 0.111. The highest BCUT2D eigenvalue weighted by atomic mass is 16.3. The van der Waals surface area contributed by atoms with E-state index < -0.39 is 0 Å². The lowest BCUT2D eigenvalue weighted by atomic mass is 9.87. The Morgan fingerprint density at radius 1 is 0.500 bits per heavy atom. The summed E-state index contributed by atoms with van der Waals surface area (Å²) in [7, 11) is 0. The van der Waals surface area contributed by atoms with Gasteiger partial charge in [0.05, 0.1) is 0 Å². The van der Waals surface area contributed by atoms with Crippen LogP contribution in [0.4, 0.5) is 0 Å². The van der Waals surface area contributed by atoms with Crippen LogP contribution in [0.15, 0.2) is 72.8 Å². The number of hydrogen-bond donors (Lipinski definition) is 2. The lowest BCUT2D eigenvalue weighted by Gasteiger charge is -2.17. The van der Waals surface area contributed by atoms with E-state index >= 15 is 0 Å². The van der Waals surface area contributed by atoms with Gasteiger partial charge in [-0.25, -0.2) is 0 Å². The van der Waals surface area contributed by atoms with Crippen LogP contribution in [0.2, 0.25) is 0 Å². The molecule has 2 aromatic rings. The molecule has 0 aliphatic heterocycles. The van der Waals surface area contributed by atoms with Gasteiger partial charge in [-0.1, -0.05) is 48.6 Å². The first-order valence-electron chi connectivity index (χ1n) is 6.67. The third kappa shape index (κ3) is 2.59. The van der Waals surface area contributed by atoms with Gasteiger partial charge in [-0.3, -0.25) is 0 Å². The highest BCUT2D eigenvalue weighted by Gasteiger charge is 2.12. The van der Waals surface area contributed by atoms with E-state index in [0.29, 0.717) is 11.5 Å². The number of phenols is 2. The molecule has 2 aromatic carbocycles. The molecule has 20 heavy (non-hydrogen) atoms. The van der Waals surface area contributed by atoms with Crippen LogP contribution in [0, 0.1) is 0 Å². The van der Waals surface area contributed by atoms with Gasteiger partial charge in [-0.2, -0.15) is 0 Å². The van der Waals surface area contributed by atoms with Crippen LogP contribution < -0.4 is 0 Å². The van der Waals surface area contributed by atoms with Gasteiger partial charge in [0.15, 0.2) is 0 Å². The van der Waals surface area contributed by atoms with E-state index in [1.54, 1.807) is 24.3 Å². The lowest BCUT2D eigenvalue weighted by Crippen LogP contribution is -2.00. The average molecular weight is 264 g/mol. The van der Waals surface area contributed by atoms with E-state index in [2.05, 4.69) is 24.3 Å². The Kier molecular flexibility index (Phi) is 3.30. The first-order chi connectivity index (χ1) is 9.72. The molecule has 1 aliphatic carbocycles. The van der Waals surface area contributed by atoms with Crippen molar-refractivity contribution in [2.45, 2.75) is 11.8 Å². The highest BCUT2D eigenvalue weighted by molar-refractivity contribution is 5.40. The highest BCUT2D eigenvalue weighted by Crippen LogP contribution is 2.30. The Balaban J connectivity index is 1.77. The molecule has 1 aliphatic rings. The number of phenolic OH excluding ortho intramolecular Hbond substituents is 2. The van der Waals surface area contributed by atoms with Gasteiger partial charge in [0.25, 0.3) is 0 Å². The predicted octanol–water partition coefficient (Wildman–Crippen LogP) is 4.09. The second-order valence-corrected chi connectivity index (χ2v) is 5.00. The molecule has 100 valence electrons. The van der Waals surface area contributed by atoms with Crippen molar-refractivity contribution in [2.75, 3.05) is 0 Å². The Hall–Kier alpha value is -2.48. The van der Waals surface area contributed by atoms with Crippen LogP contribution in [0.5, 0.6) is 11.5 Å². The molecule has 0 spiro atoms. The summed E-state index contributed by atoms with van der Waals surface area (Å²) in [5.41, 5.74) is 2.33. The quantitative estimate of drug-likeness (QED) is 0.802. The largest absolute Gasteiger partial charge is 0.508 e. The number of hydrogen-bond acceptors (Lipinski definition) is 2. The van der Waals surface area contributed by atoms with Gasteiger partial charge in [0.2, 0.25) is 0 Å².